The number of hydrogen-bond acceptors (Lipinski definition) is 4. The average Bonchev–Trinajstić information content (AvgIpc) is 2.48. The third-order valence-electron chi connectivity index (χ3n) is 4.01. The highest BCUT2D eigenvalue weighted by atomic mass is 32.2. The summed E-state index contributed by atoms with van der Waals surface area (Å²) in [7, 11) is -2.33. The second kappa shape index (κ2) is 9.15. The summed E-state index contributed by atoms with van der Waals surface area (Å²) in [5, 5.41) is 6.80. The molecule has 0 aromatic rings. The Morgan fingerprint density at radius 2 is 2.00 bits per heavy atom. The molecule has 0 aliphatic heterocycles. The highest BCUT2D eigenvalue weighted by Gasteiger charge is 2.27. The van der Waals surface area contributed by atoms with Crippen molar-refractivity contribution in [2.45, 2.75) is 63.3 Å². The fraction of sp³-hybridized carbons (Fsp3) is 0.933. The summed E-state index contributed by atoms with van der Waals surface area (Å²) in [5.41, 5.74) is -0.621. The molecule has 3 unspecified atom stereocenters. The van der Waals surface area contributed by atoms with Crippen LogP contribution in [0.4, 0.5) is 0 Å². The van der Waals surface area contributed by atoms with Gasteiger partial charge in [0.15, 0.2) is 5.96 Å². The Morgan fingerprint density at radius 1 is 1.33 bits per heavy atom. The lowest BCUT2D eigenvalue weighted by Gasteiger charge is -2.31. The molecular formula is C15H32N4O3S2. The summed E-state index contributed by atoms with van der Waals surface area (Å²) < 4.78 is 37.4. The van der Waals surface area contributed by atoms with Crippen molar-refractivity contribution in [2.24, 2.45) is 4.99 Å². The maximum absolute atomic E-state index is 12.0. The molecule has 1 fully saturated rings. The van der Waals surface area contributed by atoms with Crippen molar-refractivity contribution in [3.8, 4) is 0 Å². The summed E-state index contributed by atoms with van der Waals surface area (Å²) >= 11 is 0. The first-order valence-corrected chi connectivity index (χ1v) is 11.7. The number of rotatable bonds is 7. The predicted molar refractivity (Wildman–Crippen MR) is 101 cm³/mol. The monoisotopic (exact) mass is 380 g/mol. The van der Waals surface area contributed by atoms with Gasteiger partial charge < -0.3 is 10.6 Å². The summed E-state index contributed by atoms with van der Waals surface area (Å²) in [6, 6.07) is 0.247. The number of nitrogens with one attached hydrogen (secondary N) is 3. The van der Waals surface area contributed by atoms with Crippen LogP contribution in [0, 0.1) is 0 Å². The summed E-state index contributed by atoms with van der Waals surface area (Å²) in [5.74, 6) is 1.35. The molecule has 0 saturated heterocycles. The van der Waals surface area contributed by atoms with Gasteiger partial charge in [-0.25, -0.2) is 13.1 Å². The lowest BCUT2D eigenvalue weighted by Crippen LogP contribution is -2.54. The largest absolute Gasteiger partial charge is 0.355 e. The Kier molecular flexibility index (Phi) is 8.14. The maximum atomic E-state index is 12.0. The van der Waals surface area contributed by atoms with E-state index >= 15 is 0 Å². The zero-order valence-electron chi connectivity index (χ0n) is 15.4. The minimum atomic E-state index is -3.27. The fourth-order valence-electron chi connectivity index (χ4n) is 2.98. The van der Waals surface area contributed by atoms with Crippen molar-refractivity contribution in [1.82, 2.24) is 15.4 Å². The van der Waals surface area contributed by atoms with Gasteiger partial charge in [-0.15, -0.1) is 0 Å². The first-order valence-electron chi connectivity index (χ1n) is 8.39. The van der Waals surface area contributed by atoms with Crippen LogP contribution in [-0.2, 0) is 20.8 Å². The molecule has 0 spiro atoms. The minimum absolute atomic E-state index is 0.247. The van der Waals surface area contributed by atoms with Crippen molar-refractivity contribution in [2.75, 3.05) is 25.6 Å². The summed E-state index contributed by atoms with van der Waals surface area (Å²) in [6.45, 7) is 6.01. The van der Waals surface area contributed by atoms with E-state index in [4.69, 9.17) is 0 Å². The van der Waals surface area contributed by atoms with E-state index in [1.54, 1.807) is 7.05 Å². The molecule has 0 heterocycles. The molecular weight excluding hydrogens is 348 g/mol. The highest BCUT2D eigenvalue weighted by molar-refractivity contribution is 7.88. The van der Waals surface area contributed by atoms with E-state index < -0.39 is 26.4 Å². The molecule has 0 aromatic carbocycles. The van der Waals surface area contributed by atoms with E-state index in [1.165, 1.54) is 0 Å². The van der Waals surface area contributed by atoms with Gasteiger partial charge in [-0.2, -0.15) is 0 Å². The van der Waals surface area contributed by atoms with Crippen LogP contribution in [0.15, 0.2) is 4.99 Å². The standard InChI is InChI=1S/C15H32N4O3S2/c1-6-23(20)13-9-7-8-12(10-13)18-14(16-4)17-11-15(2,3)19-24(5,21)22/h12-13,19H,6-11H2,1-5H3,(H2,16,17,18). The molecule has 9 heteroatoms. The molecule has 0 radical (unpaired) electrons. The minimum Gasteiger partial charge on any atom is -0.355 e. The lowest BCUT2D eigenvalue weighted by atomic mass is 9.95. The van der Waals surface area contributed by atoms with E-state index in [2.05, 4.69) is 20.3 Å². The van der Waals surface area contributed by atoms with Gasteiger partial charge in [-0.1, -0.05) is 13.3 Å². The molecule has 1 aliphatic carbocycles. The predicted octanol–water partition coefficient (Wildman–Crippen LogP) is 0.559. The van der Waals surface area contributed by atoms with Gasteiger partial charge in [-0.05, 0) is 33.1 Å². The van der Waals surface area contributed by atoms with Crippen LogP contribution in [0.3, 0.4) is 0 Å². The molecule has 3 N–H and O–H groups in total. The van der Waals surface area contributed by atoms with Crippen LogP contribution >= 0.6 is 0 Å². The Bertz CT molecular complexity index is 561. The van der Waals surface area contributed by atoms with Gasteiger partial charge in [-0.3, -0.25) is 9.20 Å². The molecule has 0 bridgehead atoms. The first-order chi connectivity index (χ1) is 11.1. The van der Waals surface area contributed by atoms with E-state index in [0.29, 0.717) is 18.3 Å². The van der Waals surface area contributed by atoms with Crippen molar-refractivity contribution in [3.63, 3.8) is 0 Å². The zero-order chi connectivity index (χ0) is 18.4. The third kappa shape index (κ3) is 7.94. The van der Waals surface area contributed by atoms with Gasteiger partial charge in [0.2, 0.25) is 10.0 Å². The quantitative estimate of drug-likeness (QED) is 0.443. The SMILES string of the molecule is CCS(=O)C1CCCC(NC(=NC)NCC(C)(C)NS(C)(=O)=O)C1. The molecule has 7 nitrogen and oxygen atoms in total. The molecule has 1 saturated carbocycles. The molecule has 24 heavy (non-hydrogen) atoms. The van der Waals surface area contributed by atoms with E-state index in [-0.39, 0.29) is 11.3 Å². The Labute approximate surface area is 149 Å². The van der Waals surface area contributed by atoms with Crippen LogP contribution in [0.5, 0.6) is 0 Å². The van der Waals surface area contributed by atoms with Crippen LogP contribution < -0.4 is 15.4 Å². The van der Waals surface area contributed by atoms with Gasteiger partial charge >= 0.3 is 0 Å². The maximum Gasteiger partial charge on any atom is 0.209 e. The molecule has 1 rings (SSSR count). The van der Waals surface area contributed by atoms with Crippen molar-refractivity contribution >= 4 is 26.8 Å². The van der Waals surface area contributed by atoms with E-state index in [0.717, 1.165) is 31.9 Å². The van der Waals surface area contributed by atoms with Crippen LogP contribution in [0.25, 0.3) is 0 Å². The van der Waals surface area contributed by atoms with Crippen molar-refractivity contribution in [1.29, 1.82) is 0 Å². The van der Waals surface area contributed by atoms with Crippen molar-refractivity contribution in [3.05, 3.63) is 0 Å². The third-order valence-corrected chi connectivity index (χ3v) is 6.67. The summed E-state index contributed by atoms with van der Waals surface area (Å²) in [6.07, 6.45) is 5.15. The second-order valence-corrected chi connectivity index (χ2v) is 10.7. The Morgan fingerprint density at radius 3 is 2.54 bits per heavy atom. The van der Waals surface area contributed by atoms with Crippen LogP contribution in [0.1, 0.15) is 46.5 Å². The molecule has 0 aromatic heterocycles. The fourth-order valence-corrected chi connectivity index (χ4v) is 5.41. The van der Waals surface area contributed by atoms with Gasteiger partial charge in [0, 0.05) is 47.0 Å². The normalized spacial score (nSPS) is 24.5. The van der Waals surface area contributed by atoms with Crippen LogP contribution in [-0.4, -0.2) is 61.0 Å². The zero-order valence-corrected chi connectivity index (χ0v) is 17.0. The smallest absolute Gasteiger partial charge is 0.209 e. The number of guanidine groups is 1. The van der Waals surface area contributed by atoms with Crippen molar-refractivity contribution < 1.29 is 12.6 Å². The molecule has 0 amide bonds. The Balaban J connectivity index is 2.54. The van der Waals surface area contributed by atoms with Gasteiger partial charge in [0.1, 0.15) is 0 Å². The highest BCUT2D eigenvalue weighted by Crippen LogP contribution is 2.22. The Hall–Kier alpha value is -0.670. The van der Waals surface area contributed by atoms with E-state index in [9.17, 15) is 12.6 Å². The molecule has 142 valence electrons. The number of aliphatic imine (C=N–C) groups is 1. The van der Waals surface area contributed by atoms with Crippen LogP contribution in [0.2, 0.25) is 0 Å². The number of hydrogen-bond donors (Lipinski definition) is 3. The molecule has 3 atom stereocenters. The van der Waals surface area contributed by atoms with Gasteiger partial charge in [0.05, 0.1) is 6.26 Å². The number of sulfonamides is 1. The summed E-state index contributed by atoms with van der Waals surface area (Å²) in [4.78, 5) is 4.21. The average molecular weight is 381 g/mol. The van der Waals surface area contributed by atoms with Gasteiger partial charge in [0.25, 0.3) is 0 Å². The second-order valence-electron chi connectivity index (χ2n) is 6.98. The lowest BCUT2D eigenvalue weighted by molar-refractivity contribution is 0.407. The first kappa shape index (κ1) is 21.4. The number of nitrogens with zero attached hydrogens (tertiary/aromatic N) is 1. The molecule has 1 aliphatic rings. The van der Waals surface area contributed by atoms with E-state index in [1.807, 2.05) is 20.8 Å². The topological polar surface area (TPSA) is 99.7 Å².